The number of halogens is 7. The van der Waals surface area contributed by atoms with Crippen LogP contribution < -0.4 is 5.12 Å². The summed E-state index contributed by atoms with van der Waals surface area (Å²) in [6.07, 6.45) is -5.43. The smallest absolute Gasteiger partial charge is 0.378 e. The molecule has 1 N–H and O–H groups in total. The average molecular weight is 493 g/mol. The van der Waals surface area contributed by atoms with Gasteiger partial charge in [0.2, 0.25) is 0 Å². The van der Waals surface area contributed by atoms with Gasteiger partial charge in [0.15, 0.2) is 5.60 Å². The maximum Gasteiger partial charge on any atom is 0.420 e. The molecule has 0 saturated heterocycles. The van der Waals surface area contributed by atoms with Crippen LogP contribution in [0.4, 0.5) is 32.1 Å². The van der Waals surface area contributed by atoms with Crippen molar-refractivity contribution in [1.82, 2.24) is 4.98 Å². The van der Waals surface area contributed by atoms with E-state index in [2.05, 4.69) is 20.9 Å². The number of anilines is 1. The molecule has 3 rings (SSSR count). The molecule has 1 aromatic heterocycles. The first-order valence-corrected chi connectivity index (χ1v) is 9.73. The van der Waals surface area contributed by atoms with Crippen LogP contribution >= 0.6 is 15.9 Å². The number of nitrogens with zero attached hydrogens (tertiary/aromatic N) is 2. The van der Waals surface area contributed by atoms with E-state index in [4.69, 9.17) is 0 Å². The average Bonchev–Trinajstić information content (AvgIpc) is 2.68. The maximum atomic E-state index is 15.7. The van der Waals surface area contributed by atoms with E-state index in [1.807, 2.05) is 0 Å². The molecule has 2 atom stereocenters. The molecule has 3 aromatic rings. The molecule has 160 valence electrons. The van der Waals surface area contributed by atoms with Gasteiger partial charge >= 0.3 is 6.18 Å². The third-order valence-electron chi connectivity index (χ3n) is 4.73. The van der Waals surface area contributed by atoms with E-state index in [9.17, 15) is 27.1 Å². The van der Waals surface area contributed by atoms with Crippen LogP contribution in [0.2, 0.25) is 0 Å². The number of pyridine rings is 1. The van der Waals surface area contributed by atoms with Crippen molar-refractivity contribution in [2.75, 3.05) is 10.5 Å². The second kappa shape index (κ2) is 8.07. The lowest BCUT2D eigenvalue weighted by atomic mass is 9.88. The first kappa shape index (κ1) is 22.4. The molecule has 30 heavy (non-hydrogen) atoms. The van der Waals surface area contributed by atoms with Crippen LogP contribution in [0.1, 0.15) is 17.3 Å². The second-order valence-electron chi connectivity index (χ2n) is 6.70. The fourth-order valence-corrected chi connectivity index (χ4v) is 3.81. The molecule has 0 aliphatic heterocycles. The molecule has 0 bridgehead atoms. The van der Waals surface area contributed by atoms with Crippen LogP contribution in [0.5, 0.6) is 0 Å². The van der Waals surface area contributed by atoms with E-state index in [1.165, 1.54) is 24.3 Å². The first-order chi connectivity index (χ1) is 14.0. The van der Waals surface area contributed by atoms with Gasteiger partial charge in [-0.25, -0.2) is 13.9 Å². The van der Waals surface area contributed by atoms with Gasteiger partial charge in [-0.1, -0.05) is 32.5 Å². The largest absolute Gasteiger partial charge is 0.420 e. The standard InChI is InChI=1S/C20H15BrF6N2O/c1-11-8-9-12-15(28-11)6-3-7-16(12)29(27)18(19(30,10-21)20(24,25)26)17-13(22)4-2-5-14(17)23/h2-9,18,30H,10H2,1H3. The number of fused-ring (bicyclic) bond motifs is 1. The minimum Gasteiger partial charge on any atom is -0.378 e. The van der Waals surface area contributed by atoms with Crippen molar-refractivity contribution >= 4 is 32.5 Å². The van der Waals surface area contributed by atoms with Gasteiger partial charge in [-0.05, 0) is 43.3 Å². The summed E-state index contributed by atoms with van der Waals surface area (Å²) < 4.78 is 86.0. The number of aliphatic hydroxyl groups is 1. The monoisotopic (exact) mass is 492 g/mol. The summed E-state index contributed by atoms with van der Waals surface area (Å²) in [6.45, 7) is 1.67. The predicted molar refractivity (Wildman–Crippen MR) is 104 cm³/mol. The Balaban J connectivity index is 2.31. The number of hydrogen-bond donors (Lipinski definition) is 1. The highest BCUT2D eigenvalue weighted by Crippen LogP contribution is 2.48. The van der Waals surface area contributed by atoms with Crippen LogP contribution in [0.15, 0.2) is 48.5 Å². The minimum absolute atomic E-state index is 0.103. The summed E-state index contributed by atoms with van der Waals surface area (Å²) in [7, 11) is 0. The van der Waals surface area contributed by atoms with Crippen molar-refractivity contribution < 1.29 is 31.5 Å². The molecule has 3 nitrogen and oxygen atoms in total. The molecule has 0 aliphatic carbocycles. The molecule has 0 saturated carbocycles. The van der Waals surface area contributed by atoms with Gasteiger partial charge in [0.25, 0.3) is 0 Å². The lowest BCUT2D eigenvalue weighted by Crippen LogP contribution is -2.56. The third kappa shape index (κ3) is 3.74. The molecule has 0 spiro atoms. The number of rotatable bonds is 5. The normalized spacial score (nSPS) is 15.1. The number of aryl methyl sites for hydroxylation is 1. The van der Waals surface area contributed by atoms with Crippen molar-refractivity contribution in [1.29, 1.82) is 0 Å². The van der Waals surface area contributed by atoms with Crippen LogP contribution in [0.3, 0.4) is 0 Å². The van der Waals surface area contributed by atoms with E-state index in [0.29, 0.717) is 17.8 Å². The van der Waals surface area contributed by atoms with Gasteiger partial charge in [0.05, 0.1) is 16.8 Å². The molecule has 0 aliphatic rings. The summed E-state index contributed by atoms with van der Waals surface area (Å²) >= 11 is 2.53. The van der Waals surface area contributed by atoms with Gasteiger partial charge in [0.1, 0.15) is 17.7 Å². The highest BCUT2D eigenvalue weighted by Gasteiger charge is 2.62. The first-order valence-electron chi connectivity index (χ1n) is 8.61. The van der Waals surface area contributed by atoms with Gasteiger partial charge in [-0.2, -0.15) is 13.2 Å². The Hall–Kier alpha value is -2.33. The number of alkyl halides is 4. The predicted octanol–water partition coefficient (Wildman–Crippen LogP) is 5.94. The third-order valence-corrected chi connectivity index (χ3v) is 5.58. The Bertz CT molecular complexity index is 1060. The SMILES string of the molecule is Cc1ccc2c(N(F)C(c3c(F)cccc3F)C(O)(CBr)C(F)(F)F)cccc2n1. The van der Waals surface area contributed by atoms with E-state index < -0.39 is 51.2 Å². The molecule has 10 heteroatoms. The Morgan fingerprint density at radius 2 is 1.63 bits per heavy atom. The number of hydrogen-bond acceptors (Lipinski definition) is 3. The van der Waals surface area contributed by atoms with Crippen molar-refractivity contribution in [2.24, 2.45) is 0 Å². The Kier molecular flexibility index (Phi) is 6.01. The fourth-order valence-electron chi connectivity index (χ4n) is 3.18. The Morgan fingerprint density at radius 1 is 1.03 bits per heavy atom. The van der Waals surface area contributed by atoms with Crippen molar-refractivity contribution in [3.05, 3.63) is 71.4 Å². The summed E-state index contributed by atoms with van der Waals surface area (Å²) in [5, 5.41) is 8.87. The fraction of sp³-hybridized carbons (Fsp3) is 0.250. The van der Waals surface area contributed by atoms with E-state index in [0.717, 1.165) is 12.1 Å². The van der Waals surface area contributed by atoms with Gasteiger partial charge in [0, 0.05) is 16.4 Å². The molecule has 2 aromatic carbocycles. The zero-order chi connectivity index (χ0) is 22.3. The number of benzene rings is 2. The van der Waals surface area contributed by atoms with Crippen molar-refractivity contribution in [3.8, 4) is 0 Å². The zero-order valence-electron chi connectivity index (χ0n) is 15.4. The van der Waals surface area contributed by atoms with Gasteiger partial charge < -0.3 is 5.11 Å². The van der Waals surface area contributed by atoms with E-state index >= 15 is 4.48 Å². The molecular formula is C20H15BrF6N2O. The zero-order valence-corrected chi connectivity index (χ0v) is 17.0. The lowest BCUT2D eigenvalue weighted by Gasteiger charge is -2.40. The van der Waals surface area contributed by atoms with Gasteiger partial charge in [-0.15, -0.1) is 0 Å². The molecular weight excluding hydrogens is 478 g/mol. The Labute approximate surface area is 176 Å². The van der Waals surface area contributed by atoms with Crippen LogP contribution in [0, 0.1) is 18.6 Å². The summed E-state index contributed by atoms with van der Waals surface area (Å²) in [6, 6.07) is 6.45. The molecule has 0 amide bonds. The van der Waals surface area contributed by atoms with Crippen molar-refractivity contribution in [3.63, 3.8) is 0 Å². The van der Waals surface area contributed by atoms with E-state index in [-0.39, 0.29) is 10.9 Å². The molecule has 1 heterocycles. The topological polar surface area (TPSA) is 36.4 Å². The number of aromatic nitrogens is 1. The molecule has 0 fully saturated rings. The van der Waals surface area contributed by atoms with Crippen molar-refractivity contribution in [2.45, 2.75) is 24.7 Å². The Morgan fingerprint density at radius 3 is 2.20 bits per heavy atom. The maximum absolute atomic E-state index is 15.7. The summed E-state index contributed by atoms with van der Waals surface area (Å²) in [5.41, 5.74) is -4.72. The molecule has 0 radical (unpaired) electrons. The van der Waals surface area contributed by atoms with Crippen LogP contribution in [-0.2, 0) is 0 Å². The van der Waals surface area contributed by atoms with Crippen LogP contribution in [0.25, 0.3) is 10.9 Å². The van der Waals surface area contributed by atoms with Crippen LogP contribution in [-0.4, -0.2) is 27.2 Å². The quantitative estimate of drug-likeness (QED) is 0.272. The minimum atomic E-state index is -5.43. The second-order valence-corrected chi connectivity index (χ2v) is 7.26. The van der Waals surface area contributed by atoms with Gasteiger partial charge in [-0.3, -0.25) is 4.98 Å². The molecule has 2 unspecified atom stereocenters. The summed E-state index contributed by atoms with van der Waals surface area (Å²) in [4.78, 5) is 4.18. The summed E-state index contributed by atoms with van der Waals surface area (Å²) in [5.74, 6) is -2.86. The highest BCUT2D eigenvalue weighted by atomic mass is 79.9. The highest BCUT2D eigenvalue weighted by molar-refractivity contribution is 9.09. The van der Waals surface area contributed by atoms with E-state index in [1.54, 1.807) is 6.92 Å². The lowest BCUT2D eigenvalue weighted by molar-refractivity contribution is -0.261.